The van der Waals surface area contributed by atoms with Crippen molar-refractivity contribution in [1.29, 1.82) is 0 Å². The summed E-state index contributed by atoms with van der Waals surface area (Å²) < 4.78 is 0. The lowest BCUT2D eigenvalue weighted by molar-refractivity contribution is -0.120. The van der Waals surface area contributed by atoms with Crippen LogP contribution in [0.4, 0.5) is 5.13 Å². The van der Waals surface area contributed by atoms with Crippen LogP contribution in [0.15, 0.2) is 12.2 Å². The molecule has 0 saturated heterocycles. The van der Waals surface area contributed by atoms with Gasteiger partial charge in [0, 0.05) is 10.8 Å². The minimum absolute atomic E-state index is 0.173. The van der Waals surface area contributed by atoms with Crippen molar-refractivity contribution in [3.63, 3.8) is 0 Å². The zero-order chi connectivity index (χ0) is 14.2. The quantitative estimate of drug-likeness (QED) is 0.840. The van der Waals surface area contributed by atoms with E-state index in [1.54, 1.807) is 11.3 Å². The lowest BCUT2D eigenvalue weighted by atomic mass is 9.93. The zero-order valence-corrected chi connectivity index (χ0v) is 13.1. The van der Waals surface area contributed by atoms with Crippen molar-refractivity contribution in [3.8, 4) is 0 Å². The van der Waals surface area contributed by atoms with E-state index in [1.165, 1.54) is 42.7 Å². The van der Waals surface area contributed by atoms with Gasteiger partial charge in [-0.3, -0.25) is 4.79 Å². The molecule has 0 radical (unpaired) electrons. The van der Waals surface area contributed by atoms with Crippen LogP contribution in [0, 0.1) is 17.8 Å². The van der Waals surface area contributed by atoms with E-state index < -0.39 is 0 Å². The van der Waals surface area contributed by atoms with Crippen LogP contribution in [0.3, 0.4) is 0 Å². The molecule has 1 amide bonds. The number of allylic oxidation sites excluding steroid dienone is 2. The van der Waals surface area contributed by atoms with Gasteiger partial charge in [-0.1, -0.05) is 25.0 Å². The van der Waals surface area contributed by atoms with Crippen molar-refractivity contribution in [3.05, 3.63) is 22.7 Å². The summed E-state index contributed by atoms with van der Waals surface area (Å²) in [6, 6.07) is 0. The molecule has 3 aliphatic rings. The van der Waals surface area contributed by atoms with Crippen molar-refractivity contribution in [2.45, 2.75) is 51.4 Å². The van der Waals surface area contributed by atoms with Crippen LogP contribution >= 0.6 is 11.3 Å². The number of carbonyl (C=O) groups excluding carboxylic acids is 1. The smallest absolute Gasteiger partial charge is 0.229 e. The van der Waals surface area contributed by atoms with Gasteiger partial charge in [0.1, 0.15) is 0 Å². The Bertz CT molecular complexity index is 552. The molecule has 1 saturated carbocycles. The Morgan fingerprint density at radius 2 is 2.00 bits per heavy atom. The minimum atomic E-state index is 0.173. The maximum Gasteiger partial charge on any atom is 0.229 e. The fourth-order valence-electron chi connectivity index (χ4n) is 4.04. The maximum atomic E-state index is 12.5. The standard InChI is InChI=1S/C17H22N2OS/c20-16(13-10-11-7-8-12(13)9-11)19-17-18-14-5-3-1-2-4-6-15(14)21-17/h7-8,11-13H,1-6,9-10H2,(H,18,19,20)/t11-,12+,13-/m1/s1. The van der Waals surface area contributed by atoms with E-state index in [0.29, 0.717) is 11.8 Å². The molecule has 21 heavy (non-hydrogen) atoms. The molecule has 1 fully saturated rings. The molecule has 0 aromatic carbocycles. The van der Waals surface area contributed by atoms with Crippen molar-refractivity contribution >= 4 is 22.4 Å². The van der Waals surface area contributed by atoms with Gasteiger partial charge in [0.25, 0.3) is 0 Å². The summed E-state index contributed by atoms with van der Waals surface area (Å²) in [7, 11) is 0. The molecule has 4 heteroatoms. The van der Waals surface area contributed by atoms with E-state index in [4.69, 9.17) is 4.98 Å². The predicted molar refractivity (Wildman–Crippen MR) is 85.5 cm³/mol. The average Bonchev–Trinajstić information content (AvgIpc) is 3.15. The van der Waals surface area contributed by atoms with E-state index >= 15 is 0 Å². The van der Waals surface area contributed by atoms with Gasteiger partial charge in [-0.25, -0.2) is 4.98 Å². The number of aryl methyl sites for hydroxylation is 2. The van der Waals surface area contributed by atoms with E-state index in [9.17, 15) is 4.79 Å². The Kier molecular flexibility index (Phi) is 3.57. The first-order valence-corrected chi connectivity index (χ1v) is 9.09. The maximum absolute atomic E-state index is 12.5. The van der Waals surface area contributed by atoms with Gasteiger partial charge < -0.3 is 5.32 Å². The lowest BCUT2D eigenvalue weighted by Crippen LogP contribution is -2.25. The number of carbonyl (C=O) groups is 1. The van der Waals surface area contributed by atoms with Gasteiger partial charge in [-0.15, -0.1) is 11.3 Å². The summed E-state index contributed by atoms with van der Waals surface area (Å²) in [4.78, 5) is 18.6. The van der Waals surface area contributed by atoms with Crippen molar-refractivity contribution in [2.75, 3.05) is 5.32 Å². The molecule has 112 valence electrons. The normalized spacial score (nSPS) is 30.8. The van der Waals surface area contributed by atoms with Gasteiger partial charge in [0.15, 0.2) is 5.13 Å². The van der Waals surface area contributed by atoms with E-state index in [2.05, 4.69) is 17.5 Å². The average molecular weight is 302 g/mol. The van der Waals surface area contributed by atoms with Crippen LogP contribution in [0.2, 0.25) is 0 Å². The summed E-state index contributed by atoms with van der Waals surface area (Å²) in [5.41, 5.74) is 1.24. The second-order valence-corrected chi connectivity index (χ2v) is 7.76. The minimum Gasteiger partial charge on any atom is -0.302 e. The second-order valence-electron chi connectivity index (χ2n) is 6.68. The number of nitrogens with one attached hydrogen (secondary N) is 1. The van der Waals surface area contributed by atoms with Gasteiger partial charge in [-0.2, -0.15) is 0 Å². The van der Waals surface area contributed by atoms with E-state index in [1.807, 2.05) is 0 Å². The van der Waals surface area contributed by atoms with Crippen LogP contribution in [0.25, 0.3) is 0 Å². The highest BCUT2D eigenvalue weighted by atomic mass is 32.1. The number of aromatic nitrogens is 1. The topological polar surface area (TPSA) is 42.0 Å². The third kappa shape index (κ3) is 2.66. The molecule has 4 rings (SSSR count). The highest BCUT2D eigenvalue weighted by Crippen LogP contribution is 2.44. The van der Waals surface area contributed by atoms with Crippen LogP contribution in [0.1, 0.15) is 49.1 Å². The van der Waals surface area contributed by atoms with Crippen molar-refractivity contribution in [2.24, 2.45) is 17.8 Å². The van der Waals surface area contributed by atoms with Crippen LogP contribution in [0.5, 0.6) is 0 Å². The predicted octanol–water partition coefficient (Wildman–Crippen LogP) is 3.95. The highest BCUT2D eigenvalue weighted by Gasteiger charge is 2.40. The SMILES string of the molecule is O=C(Nc1nc2c(s1)CCCCCC2)[C@@H]1C[C@@H]2C=C[C@H]1C2. The zero-order valence-electron chi connectivity index (χ0n) is 12.3. The Hall–Kier alpha value is -1.16. The molecule has 3 aliphatic carbocycles. The Labute approximate surface area is 129 Å². The van der Waals surface area contributed by atoms with Gasteiger partial charge >= 0.3 is 0 Å². The largest absolute Gasteiger partial charge is 0.302 e. The first kappa shape index (κ1) is 13.5. The number of amides is 1. The monoisotopic (exact) mass is 302 g/mol. The third-order valence-electron chi connectivity index (χ3n) is 5.19. The summed E-state index contributed by atoms with van der Waals surface area (Å²) >= 11 is 1.70. The Morgan fingerprint density at radius 1 is 1.14 bits per heavy atom. The number of rotatable bonds is 2. The summed E-state index contributed by atoms with van der Waals surface area (Å²) in [6.45, 7) is 0. The highest BCUT2D eigenvalue weighted by molar-refractivity contribution is 7.15. The number of hydrogen-bond acceptors (Lipinski definition) is 3. The first-order valence-electron chi connectivity index (χ1n) is 8.27. The molecular weight excluding hydrogens is 280 g/mol. The van der Waals surface area contributed by atoms with E-state index in [0.717, 1.165) is 24.4 Å². The second kappa shape index (κ2) is 5.56. The number of anilines is 1. The number of fused-ring (bicyclic) bond motifs is 3. The summed E-state index contributed by atoms with van der Waals surface area (Å²) in [5, 5.41) is 3.93. The van der Waals surface area contributed by atoms with Crippen molar-refractivity contribution < 1.29 is 4.79 Å². The number of thiazole rings is 1. The lowest BCUT2D eigenvalue weighted by Gasteiger charge is -2.16. The van der Waals surface area contributed by atoms with Crippen LogP contribution in [-0.4, -0.2) is 10.9 Å². The van der Waals surface area contributed by atoms with E-state index in [-0.39, 0.29) is 11.8 Å². The fourth-order valence-corrected chi connectivity index (χ4v) is 5.09. The number of nitrogens with zero attached hydrogens (tertiary/aromatic N) is 1. The van der Waals surface area contributed by atoms with Gasteiger partial charge in [0.05, 0.1) is 5.69 Å². The summed E-state index contributed by atoms with van der Waals surface area (Å²) in [5.74, 6) is 1.47. The Balaban J connectivity index is 1.46. The molecule has 3 nitrogen and oxygen atoms in total. The molecule has 2 bridgehead atoms. The van der Waals surface area contributed by atoms with Crippen molar-refractivity contribution in [1.82, 2.24) is 4.98 Å². The molecule has 0 aliphatic heterocycles. The Morgan fingerprint density at radius 3 is 2.76 bits per heavy atom. The molecule has 1 aromatic heterocycles. The van der Waals surface area contributed by atoms with Gasteiger partial charge in [-0.05, 0) is 50.4 Å². The first-order chi connectivity index (χ1) is 10.3. The molecule has 0 spiro atoms. The molecule has 0 unspecified atom stereocenters. The van der Waals surface area contributed by atoms with Gasteiger partial charge in [0.2, 0.25) is 5.91 Å². The molecular formula is C17H22N2OS. The number of hydrogen-bond donors (Lipinski definition) is 1. The third-order valence-corrected chi connectivity index (χ3v) is 6.26. The summed E-state index contributed by atoms with van der Waals surface area (Å²) in [6.07, 6.45) is 14.1. The fraction of sp³-hybridized carbons (Fsp3) is 0.647. The molecule has 3 atom stereocenters. The molecule has 1 heterocycles. The molecule has 1 N–H and O–H groups in total. The van der Waals surface area contributed by atoms with Crippen LogP contribution in [-0.2, 0) is 17.6 Å². The van der Waals surface area contributed by atoms with Crippen LogP contribution < -0.4 is 5.32 Å². The molecule has 1 aromatic rings.